The molecule has 1 aliphatic heterocycles. The van der Waals surface area contributed by atoms with Crippen molar-refractivity contribution >= 4 is 34.5 Å². The van der Waals surface area contributed by atoms with Crippen LogP contribution in [0.3, 0.4) is 0 Å². The van der Waals surface area contributed by atoms with Gasteiger partial charge < -0.3 is 14.6 Å². The minimum Gasteiger partial charge on any atom is -0.506 e. The minimum absolute atomic E-state index is 0.0748. The van der Waals surface area contributed by atoms with Gasteiger partial charge in [0, 0.05) is 5.56 Å². The zero-order chi connectivity index (χ0) is 25.5. The number of carbonyl (C=O) groups is 1. The number of para-hydroxylation sites is 1. The summed E-state index contributed by atoms with van der Waals surface area (Å²) in [7, 11) is 0. The summed E-state index contributed by atoms with van der Waals surface area (Å²) in [5.41, 5.74) is 5.01. The average Bonchev–Trinajstić information content (AvgIpc) is 3.18. The highest BCUT2D eigenvalue weighted by molar-refractivity contribution is 8.18. The number of hydrogen-bond acceptors (Lipinski definition) is 6. The van der Waals surface area contributed by atoms with Crippen LogP contribution in [-0.4, -0.2) is 22.7 Å². The SMILES string of the molecule is CCOC(=O)C1=C(O)/C(=C/c2ccccc2OCc2cccc(C)c2)SC1=Nc1ccc(CC)cc1. The van der Waals surface area contributed by atoms with Crippen LogP contribution in [0, 0.1) is 6.92 Å². The highest BCUT2D eigenvalue weighted by Gasteiger charge is 2.33. The summed E-state index contributed by atoms with van der Waals surface area (Å²) in [6.07, 6.45) is 2.74. The van der Waals surface area contributed by atoms with Gasteiger partial charge in [-0.25, -0.2) is 9.79 Å². The first kappa shape index (κ1) is 25.3. The molecule has 1 N–H and O–H groups in total. The van der Waals surface area contributed by atoms with Gasteiger partial charge >= 0.3 is 5.97 Å². The number of nitrogens with zero attached hydrogens (tertiary/aromatic N) is 1. The topological polar surface area (TPSA) is 68.1 Å². The average molecular weight is 500 g/mol. The quantitative estimate of drug-likeness (QED) is 0.329. The Balaban J connectivity index is 1.65. The fourth-order valence-electron chi connectivity index (χ4n) is 3.75. The van der Waals surface area contributed by atoms with Crippen LogP contribution in [0.15, 0.2) is 94.0 Å². The van der Waals surface area contributed by atoms with E-state index in [2.05, 4.69) is 18.0 Å². The predicted molar refractivity (Wildman–Crippen MR) is 147 cm³/mol. The Morgan fingerprint density at radius 2 is 1.78 bits per heavy atom. The Kier molecular flexibility index (Phi) is 8.28. The number of benzene rings is 3. The lowest BCUT2D eigenvalue weighted by molar-refractivity contribution is -0.138. The highest BCUT2D eigenvalue weighted by Crippen LogP contribution is 2.41. The van der Waals surface area contributed by atoms with Crippen LogP contribution in [0.2, 0.25) is 0 Å². The third kappa shape index (κ3) is 6.07. The first-order chi connectivity index (χ1) is 17.5. The molecule has 0 saturated heterocycles. The Morgan fingerprint density at radius 1 is 1.00 bits per heavy atom. The Bertz CT molecular complexity index is 1340. The zero-order valence-corrected chi connectivity index (χ0v) is 21.5. The Morgan fingerprint density at radius 3 is 2.50 bits per heavy atom. The molecular formula is C30H29NO4S. The number of rotatable bonds is 8. The lowest BCUT2D eigenvalue weighted by Gasteiger charge is -2.10. The van der Waals surface area contributed by atoms with E-state index in [1.807, 2.05) is 79.7 Å². The van der Waals surface area contributed by atoms with Crippen molar-refractivity contribution in [3.05, 3.63) is 111 Å². The van der Waals surface area contributed by atoms with Crippen molar-refractivity contribution in [2.75, 3.05) is 6.61 Å². The van der Waals surface area contributed by atoms with Crippen molar-refractivity contribution in [2.45, 2.75) is 33.8 Å². The van der Waals surface area contributed by atoms with Crippen LogP contribution < -0.4 is 4.74 Å². The molecule has 1 aliphatic rings. The predicted octanol–water partition coefficient (Wildman–Crippen LogP) is 7.33. The van der Waals surface area contributed by atoms with Crippen LogP contribution in [0.5, 0.6) is 5.75 Å². The molecular weight excluding hydrogens is 470 g/mol. The highest BCUT2D eigenvalue weighted by atomic mass is 32.2. The summed E-state index contributed by atoms with van der Waals surface area (Å²) in [4.78, 5) is 17.9. The molecule has 0 atom stereocenters. The van der Waals surface area contributed by atoms with Gasteiger partial charge in [0.15, 0.2) is 0 Å². The smallest absolute Gasteiger partial charge is 0.344 e. The van der Waals surface area contributed by atoms with Crippen molar-refractivity contribution < 1.29 is 19.4 Å². The van der Waals surface area contributed by atoms with E-state index in [1.54, 1.807) is 6.92 Å². The normalized spacial score (nSPS) is 15.5. The minimum atomic E-state index is -0.598. The third-order valence-electron chi connectivity index (χ3n) is 5.63. The summed E-state index contributed by atoms with van der Waals surface area (Å²) in [6, 6.07) is 23.6. The monoisotopic (exact) mass is 499 g/mol. The van der Waals surface area contributed by atoms with Crippen LogP contribution in [0.25, 0.3) is 6.08 Å². The molecule has 0 radical (unpaired) electrons. The largest absolute Gasteiger partial charge is 0.506 e. The molecule has 1 heterocycles. The van der Waals surface area contributed by atoms with Crippen LogP contribution >= 0.6 is 11.8 Å². The molecule has 0 unspecified atom stereocenters. The Hall–Kier alpha value is -3.77. The number of aliphatic hydroxyl groups excluding tert-OH is 1. The molecule has 0 saturated carbocycles. The van der Waals surface area contributed by atoms with Gasteiger partial charge in [-0.1, -0.05) is 78.8 Å². The molecule has 0 aromatic heterocycles. The number of aliphatic hydroxyl groups is 1. The maximum Gasteiger partial charge on any atom is 0.344 e. The van der Waals surface area contributed by atoms with E-state index in [1.165, 1.54) is 22.9 Å². The number of esters is 1. The standard InChI is InChI=1S/C30H29NO4S/c1-4-21-13-15-24(16-14-21)31-29-27(30(33)34-5-2)28(32)26(36-29)18-23-11-6-7-12-25(23)35-19-22-10-8-9-20(3)17-22/h6-18,32H,4-5,19H2,1-3H3/b26-18-,31-29?. The van der Waals surface area contributed by atoms with Crippen molar-refractivity contribution in [3.63, 3.8) is 0 Å². The van der Waals surface area contributed by atoms with E-state index < -0.39 is 5.97 Å². The van der Waals surface area contributed by atoms with E-state index in [-0.39, 0.29) is 17.9 Å². The molecule has 184 valence electrons. The van der Waals surface area contributed by atoms with Gasteiger partial charge in [-0.3, -0.25) is 0 Å². The van der Waals surface area contributed by atoms with Crippen LogP contribution in [-0.2, 0) is 22.6 Å². The summed E-state index contributed by atoms with van der Waals surface area (Å²) in [5.74, 6) is -0.0622. The van der Waals surface area contributed by atoms with Gasteiger partial charge in [0.05, 0.1) is 17.2 Å². The lowest BCUT2D eigenvalue weighted by Crippen LogP contribution is -2.12. The number of aryl methyl sites for hydroxylation is 2. The fraction of sp³-hybridized carbons (Fsp3) is 0.200. The summed E-state index contributed by atoms with van der Waals surface area (Å²) in [5, 5.41) is 11.4. The van der Waals surface area contributed by atoms with Crippen molar-refractivity contribution in [1.82, 2.24) is 0 Å². The number of carbonyl (C=O) groups excluding carboxylic acids is 1. The van der Waals surface area contributed by atoms with Crippen molar-refractivity contribution in [1.29, 1.82) is 0 Å². The number of ether oxygens (including phenoxy) is 2. The van der Waals surface area contributed by atoms with E-state index in [0.717, 1.165) is 17.5 Å². The first-order valence-corrected chi connectivity index (χ1v) is 12.8. The molecule has 36 heavy (non-hydrogen) atoms. The van der Waals surface area contributed by atoms with E-state index in [9.17, 15) is 9.90 Å². The molecule has 3 aromatic rings. The van der Waals surface area contributed by atoms with Crippen LogP contribution in [0.1, 0.15) is 36.1 Å². The summed E-state index contributed by atoms with van der Waals surface area (Å²) < 4.78 is 11.3. The molecule has 4 rings (SSSR count). The molecule has 3 aromatic carbocycles. The van der Waals surface area contributed by atoms with Gasteiger partial charge in [0.1, 0.15) is 28.7 Å². The molecule has 0 spiro atoms. The lowest BCUT2D eigenvalue weighted by atomic mass is 10.1. The second-order valence-corrected chi connectivity index (χ2v) is 9.34. The van der Waals surface area contributed by atoms with Gasteiger partial charge in [0.25, 0.3) is 0 Å². The van der Waals surface area contributed by atoms with Gasteiger partial charge in [-0.2, -0.15) is 0 Å². The second kappa shape index (κ2) is 11.8. The summed E-state index contributed by atoms with van der Waals surface area (Å²) >= 11 is 1.24. The first-order valence-electron chi connectivity index (χ1n) is 11.9. The zero-order valence-electron chi connectivity index (χ0n) is 20.7. The number of thioether (sulfide) groups is 1. The molecule has 0 fully saturated rings. The van der Waals surface area contributed by atoms with Crippen molar-refractivity contribution in [2.24, 2.45) is 4.99 Å². The van der Waals surface area contributed by atoms with Gasteiger partial charge in [-0.05, 0) is 55.7 Å². The molecule has 0 aliphatic carbocycles. The number of aliphatic imine (C=N–C) groups is 1. The Labute approximate surface area is 216 Å². The second-order valence-electron chi connectivity index (χ2n) is 8.31. The summed E-state index contributed by atoms with van der Waals surface area (Å²) in [6.45, 7) is 6.49. The van der Waals surface area contributed by atoms with Crippen LogP contribution in [0.4, 0.5) is 5.69 Å². The molecule has 6 heteroatoms. The molecule has 0 bridgehead atoms. The molecule has 0 amide bonds. The molecule has 5 nitrogen and oxygen atoms in total. The number of hydrogen-bond donors (Lipinski definition) is 1. The van der Waals surface area contributed by atoms with Gasteiger partial charge in [0.2, 0.25) is 0 Å². The van der Waals surface area contributed by atoms with E-state index in [0.29, 0.717) is 28.0 Å². The third-order valence-corrected chi connectivity index (χ3v) is 6.65. The van der Waals surface area contributed by atoms with Crippen molar-refractivity contribution in [3.8, 4) is 5.75 Å². The maximum atomic E-state index is 12.7. The fourth-order valence-corrected chi connectivity index (χ4v) is 4.78. The van der Waals surface area contributed by atoms with Gasteiger partial charge in [-0.15, -0.1) is 0 Å². The van der Waals surface area contributed by atoms with E-state index in [4.69, 9.17) is 9.47 Å². The maximum absolute atomic E-state index is 12.7. The van der Waals surface area contributed by atoms with E-state index >= 15 is 0 Å².